The monoisotopic (exact) mass is 307 g/mol. The Morgan fingerprint density at radius 3 is 2.65 bits per heavy atom. The molecule has 0 aliphatic rings. The van der Waals surface area contributed by atoms with Gasteiger partial charge in [0.05, 0.1) is 19.3 Å². The topological polar surface area (TPSA) is 57.0 Å². The van der Waals surface area contributed by atoms with E-state index in [1.54, 1.807) is 18.5 Å². The molecule has 3 aromatic rings. The molecule has 0 N–H and O–H groups in total. The van der Waals surface area contributed by atoms with Crippen LogP contribution in [0.25, 0.3) is 11.3 Å². The van der Waals surface area contributed by atoms with E-state index in [1.807, 2.05) is 28.9 Å². The molecule has 3 rings (SSSR count). The van der Waals surface area contributed by atoms with Crippen LogP contribution in [0.5, 0.6) is 0 Å². The minimum absolute atomic E-state index is 0.298. The van der Waals surface area contributed by atoms with Gasteiger partial charge in [0.1, 0.15) is 0 Å². The van der Waals surface area contributed by atoms with Crippen LogP contribution in [0.15, 0.2) is 54.9 Å². The van der Waals surface area contributed by atoms with Crippen LogP contribution >= 0.6 is 0 Å². The van der Waals surface area contributed by atoms with Crippen molar-refractivity contribution < 1.29 is 9.53 Å². The van der Waals surface area contributed by atoms with E-state index in [1.165, 1.54) is 12.7 Å². The summed E-state index contributed by atoms with van der Waals surface area (Å²) in [6.07, 6.45) is 3.44. The maximum atomic E-state index is 11.8. The van der Waals surface area contributed by atoms with Crippen LogP contribution in [0, 0.1) is 6.92 Å². The molecule has 5 heteroatoms. The summed E-state index contributed by atoms with van der Waals surface area (Å²) in [6.45, 7) is 2.63. The zero-order valence-electron chi connectivity index (χ0n) is 13.1. The van der Waals surface area contributed by atoms with E-state index < -0.39 is 5.97 Å². The molecule has 0 fully saturated rings. The third kappa shape index (κ3) is 3.29. The molecule has 2 aromatic heterocycles. The number of carbonyl (C=O) groups excluding carboxylic acids is 1. The summed E-state index contributed by atoms with van der Waals surface area (Å²) < 4.78 is 6.60. The quantitative estimate of drug-likeness (QED) is 0.695. The number of aryl methyl sites for hydroxylation is 1. The Bertz CT molecular complexity index is 825. The molecule has 1 aromatic carbocycles. The van der Waals surface area contributed by atoms with Gasteiger partial charge < -0.3 is 4.74 Å². The van der Waals surface area contributed by atoms with E-state index >= 15 is 0 Å². The minimum atomic E-state index is -0.441. The smallest absolute Gasteiger partial charge is 0.358 e. The molecule has 0 radical (unpaired) electrons. The molecular weight excluding hydrogens is 290 g/mol. The SMILES string of the molecule is COC(=O)c1cc(-c2ccncc2)n(Cc2cccc(C)c2)n1. The zero-order valence-corrected chi connectivity index (χ0v) is 13.1. The Morgan fingerprint density at radius 1 is 1.17 bits per heavy atom. The van der Waals surface area contributed by atoms with Crippen molar-refractivity contribution >= 4 is 5.97 Å². The molecule has 116 valence electrons. The van der Waals surface area contributed by atoms with Crippen LogP contribution in [0.1, 0.15) is 21.6 Å². The van der Waals surface area contributed by atoms with Gasteiger partial charge >= 0.3 is 5.97 Å². The van der Waals surface area contributed by atoms with E-state index in [0.29, 0.717) is 12.2 Å². The van der Waals surface area contributed by atoms with Crippen LogP contribution < -0.4 is 0 Å². The van der Waals surface area contributed by atoms with Crippen molar-refractivity contribution in [2.45, 2.75) is 13.5 Å². The number of hydrogen-bond donors (Lipinski definition) is 0. The molecule has 0 saturated heterocycles. The first-order valence-corrected chi connectivity index (χ1v) is 7.29. The number of esters is 1. The molecule has 0 atom stereocenters. The first kappa shape index (κ1) is 15.0. The molecule has 23 heavy (non-hydrogen) atoms. The van der Waals surface area contributed by atoms with Gasteiger partial charge in [-0.2, -0.15) is 5.10 Å². The van der Waals surface area contributed by atoms with Crippen LogP contribution in [-0.4, -0.2) is 27.8 Å². The highest BCUT2D eigenvalue weighted by Crippen LogP contribution is 2.21. The Balaban J connectivity index is 2.03. The van der Waals surface area contributed by atoms with Gasteiger partial charge in [-0.15, -0.1) is 0 Å². The van der Waals surface area contributed by atoms with E-state index in [-0.39, 0.29) is 0 Å². The summed E-state index contributed by atoms with van der Waals surface area (Å²) in [4.78, 5) is 15.8. The highest BCUT2D eigenvalue weighted by atomic mass is 16.5. The molecule has 0 bridgehead atoms. The van der Waals surface area contributed by atoms with Gasteiger partial charge in [-0.3, -0.25) is 9.67 Å². The highest BCUT2D eigenvalue weighted by Gasteiger charge is 2.16. The van der Waals surface area contributed by atoms with Crippen molar-refractivity contribution in [3.8, 4) is 11.3 Å². The second-order valence-electron chi connectivity index (χ2n) is 5.29. The number of methoxy groups -OCH3 is 1. The molecule has 2 heterocycles. The van der Waals surface area contributed by atoms with Gasteiger partial charge in [0, 0.05) is 18.0 Å². The standard InChI is InChI=1S/C18H17N3O2/c1-13-4-3-5-14(10-13)12-21-17(15-6-8-19-9-7-15)11-16(20-21)18(22)23-2/h3-11H,12H2,1-2H3. The Hall–Kier alpha value is -2.95. The lowest BCUT2D eigenvalue weighted by molar-refractivity contribution is 0.0593. The van der Waals surface area contributed by atoms with Gasteiger partial charge in [0.25, 0.3) is 0 Å². The molecule has 5 nitrogen and oxygen atoms in total. The summed E-state index contributed by atoms with van der Waals surface area (Å²) in [5, 5.41) is 4.40. The second-order valence-corrected chi connectivity index (χ2v) is 5.29. The third-order valence-corrected chi connectivity index (χ3v) is 3.57. The fraction of sp³-hybridized carbons (Fsp3) is 0.167. The van der Waals surface area contributed by atoms with Crippen molar-refractivity contribution in [3.05, 3.63) is 71.7 Å². The number of hydrogen-bond acceptors (Lipinski definition) is 4. The van der Waals surface area contributed by atoms with Crippen LogP contribution in [0.3, 0.4) is 0 Å². The Kier molecular flexibility index (Phi) is 4.19. The van der Waals surface area contributed by atoms with Crippen LogP contribution in [0.2, 0.25) is 0 Å². The summed E-state index contributed by atoms with van der Waals surface area (Å²) in [5.74, 6) is -0.441. The number of ether oxygens (including phenoxy) is 1. The Morgan fingerprint density at radius 2 is 1.96 bits per heavy atom. The predicted octanol–water partition coefficient (Wildman–Crippen LogP) is 3.09. The molecule has 0 aliphatic heterocycles. The molecule has 0 amide bonds. The number of carbonyl (C=O) groups is 1. The van der Waals surface area contributed by atoms with Gasteiger partial charge in [-0.1, -0.05) is 29.8 Å². The molecule has 0 saturated carbocycles. The van der Waals surface area contributed by atoms with Crippen LogP contribution in [0.4, 0.5) is 0 Å². The summed E-state index contributed by atoms with van der Waals surface area (Å²) >= 11 is 0. The number of rotatable bonds is 4. The lowest BCUT2D eigenvalue weighted by atomic mass is 10.1. The van der Waals surface area contributed by atoms with Crippen molar-refractivity contribution in [2.75, 3.05) is 7.11 Å². The second kappa shape index (κ2) is 6.44. The summed E-state index contributed by atoms with van der Waals surface area (Å²) in [6, 6.07) is 13.8. The molecule has 0 aliphatic carbocycles. The Labute approximate surface area is 134 Å². The average molecular weight is 307 g/mol. The van der Waals surface area contributed by atoms with E-state index in [2.05, 4.69) is 29.1 Å². The van der Waals surface area contributed by atoms with E-state index in [9.17, 15) is 4.79 Å². The minimum Gasteiger partial charge on any atom is -0.464 e. The normalized spacial score (nSPS) is 10.5. The number of aromatic nitrogens is 3. The largest absolute Gasteiger partial charge is 0.464 e. The van der Waals surface area contributed by atoms with E-state index in [0.717, 1.165) is 16.8 Å². The lowest BCUT2D eigenvalue weighted by Gasteiger charge is -2.08. The first-order valence-electron chi connectivity index (χ1n) is 7.29. The third-order valence-electron chi connectivity index (χ3n) is 3.57. The van der Waals surface area contributed by atoms with Crippen molar-refractivity contribution in [1.29, 1.82) is 0 Å². The lowest BCUT2D eigenvalue weighted by Crippen LogP contribution is -2.07. The summed E-state index contributed by atoms with van der Waals surface area (Å²) in [7, 11) is 1.36. The highest BCUT2D eigenvalue weighted by molar-refractivity contribution is 5.88. The maximum absolute atomic E-state index is 11.8. The zero-order chi connectivity index (χ0) is 16.2. The molecular formula is C18H17N3O2. The van der Waals surface area contributed by atoms with Gasteiger partial charge in [0.15, 0.2) is 5.69 Å². The van der Waals surface area contributed by atoms with Crippen molar-refractivity contribution in [3.63, 3.8) is 0 Å². The first-order chi connectivity index (χ1) is 11.2. The van der Waals surface area contributed by atoms with Gasteiger partial charge in [0.2, 0.25) is 0 Å². The fourth-order valence-corrected chi connectivity index (χ4v) is 2.48. The van der Waals surface area contributed by atoms with Gasteiger partial charge in [-0.05, 0) is 30.7 Å². The van der Waals surface area contributed by atoms with Crippen molar-refractivity contribution in [1.82, 2.24) is 14.8 Å². The molecule has 0 unspecified atom stereocenters. The molecule has 0 spiro atoms. The maximum Gasteiger partial charge on any atom is 0.358 e. The number of pyridine rings is 1. The van der Waals surface area contributed by atoms with Gasteiger partial charge in [-0.25, -0.2) is 4.79 Å². The predicted molar refractivity (Wildman–Crippen MR) is 87.1 cm³/mol. The fourth-order valence-electron chi connectivity index (χ4n) is 2.48. The van der Waals surface area contributed by atoms with E-state index in [4.69, 9.17) is 4.74 Å². The van der Waals surface area contributed by atoms with Crippen LogP contribution in [-0.2, 0) is 11.3 Å². The summed E-state index contributed by atoms with van der Waals surface area (Å²) in [5.41, 5.74) is 4.42. The number of benzene rings is 1. The van der Waals surface area contributed by atoms with Crippen molar-refractivity contribution in [2.24, 2.45) is 0 Å². The number of nitrogens with zero attached hydrogens (tertiary/aromatic N) is 3. The average Bonchev–Trinajstić information content (AvgIpc) is 2.99.